The van der Waals surface area contributed by atoms with Crippen molar-refractivity contribution < 1.29 is 9.53 Å². The van der Waals surface area contributed by atoms with Gasteiger partial charge in [-0.25, -0.2) is 4.79 Å². The van der Waals surface area contributed by atoms with E-state index in [-0.39, 0.29) is 12.1 Å². The zero-order chi connectivity index (χ0) is 15.4. The molecule has 0 aliphatic carbocycles. The van der Waals surface area contributed by atoms with Crippen molar-refractivity contribution in [2.24, 2.45) is 0 Å². The Kier molecular flexibility index (Phi) is 5.33. The van der Waals surface area contributed by atoms with Crippen molar-refractivity contribution in [2.45, 2.75) is 31.4 Å². The predicted molar refractivity (Wildman–Crippen MR) is 88.4 cm³/mol. The number of likely N-dealkylation sites (N-methyl/N-ethyl adjacent to an activating group) is 1. The molecule has 1 aromatic rings. The summed E-state index contributed by atoms with van der Waals surface area (Å²) in [5.41, 5.74) is 0. The standard InChI is InChI=1S/C16H25N3O2S/c1-18(8-6-15-5-3-9-22-15)16(20)17-10-14-11-19-7-2-4-13(19)12-21-14/h3,5,9,13-14H,2,4,6-8,10-12H2,1H3,(H,17,20)/t13-,14-/m1/s1. The second-order valence-corrected chi connectivity index (χ2v) is 7.22. The maximum Gasteiger partial charge on any atom is 0.317 e. The second kappa shape index (κ2) is 7.44. The van der Waals surface area contributed by atoms with Crippen LogP contribution in [-0.4, -0.2) is 67.8 Å². The summed E-state index contributed by atoms with van der Waals surface area (Å²) in [5, 5.41) is 5.07. The number of hydrogen-bond acceptors (Lipinski definition) is 4. The Balaban J connectivity index is 1.36. The van der Waals surface area contributed by atoms with Gasteiger partial charge in [0.1, 0.15) is 0 Å². The average Bonchev–Trinajstić information content (AvgIpc) is 3.20. The first-order chi connectivity index (χ1) is 10.7. The SMILES string of the molecule is CN(CCc1cccs1)C(=O)NC[C@@H]1CN2CCC[C@@H]2CO1. The molecular formula is C16H25N3O2S. The van der Waals surface area contributed by atoms with Crippen LogP contribution in [0.3, 0.4) is 0 Å². The fourth-order valence-corrected chi connectivity index (χ4v) is 3.88. The van der Waals surface area contributed by atoms with Crippen molar-refractivity contribution in [3.05, 3.63) is 22.4 Å². The fraction of sp³-hybridized carbons (Fsp3) is 0.688. The number of hydrogen-bond donors (Lipinski definition) is 1. The highest BCUT2D eigenvalue weighted by molar-refractivity contribution is 7.09. The van der Waals surface area contributed by atoms with E-state index in [0.29, 0.717) is 12.6 Å². The van der Waals surface area contributed by atoms with Crippen molar-refractivity contribution in [1.29, 1.82) is 0 Å². The number of carbonyl (C=O) groups is 1. The van der Waals surface area contributed by atoms with Crippen LogP contribution < -0.4 is 5.32 Å². The van der Waals surface area contributed by atoms with E-state index in [2.05, 4.69) is 21.7 Å². The van der Waals surface area contributed by atoms with Gasteiger partial charge in [-0.15, -0.1) is 11.3 Å². The van der Waals surface area contributed by atoms with E-state index in [4.69, 9.17) is 4.74 Å². The Morgan fingerprint density at radius 2 is 2.50 bits per heavy atom. The third-order valence-corrected chi connectivity index (χ3v) is 5.50. The van der Waals surface area contributed by atoms with Gasteiger partial charge in [0, 0.05) is 37.6 Å². The van der Waals surface area contributed by atoms with E-state index in [1.54, 1.807) is 16.2 Å². The van der Waals surface area contributed by atoms with E-state index in [1.807, 2.05) is 13.1 Å². The highest BCUT2D eigenvalue weighted by Gasteiger charge is 2.32. The minimum absolute atomic E-state index is 0.0105. The second-order valence-electron chi connectivity index (χ2n) is 6.18. The van der Waals surface area contributed by atoms with Gasteiger partial charge in [-0.3, -0.25) is 4.90 Å². The van der Waals surface area contributed by atoms with Crippen molar-refractivity contribution >= 4 is 17.4 Å². The molecule has 2 aliphatic heterocycles. The van der Waals surface area contributed by atoms with Crippen LogP contribution in [0.2, 0.25) is 0 Å². The molecule has 0 bridgehead atoms. The summed E-state index contributed by atoms with van der Waals surface area (Å²) in [4.78, 5) is 17.7. The van der Waals surface area contributed by atoms with Crippen LogP contribution in [0.25, 0.3) is 0 Å². The van der Waals surface area contributed by atoms with E-state index in [0.717, 1.165) is 26.1 Å². The Labute approximate surface area is 136 Å². The summed E-state index contributed by atoms with van der Waals surface area (Å²) in [5.74, 6) is 0. The Hall–Kier alpha value is -1.11. The molecule has 22 heavy (non-hydrogen) atoms. The Morgan fingerprint density at radius 1 is 1.59 bits per heavy atom. The van der Waals surface area contributed by atoms with Crippen molar-refractivity contribution in [2.75, 3.05) is 39.8 Å². The van der Waals surface area contributed by atoms with Crippen LogP contribution in [0.15, 0.2) is 17.5 Å². The van der Waals surface area contributed by atoms with Gasteiger partial charge in [-0.2, -0.15) is 0 Å². The molecule has 3 heterocycles. The molecule has 2 aliphatic rings. The lowest BCUT2D eigenvalue weighted by atomic mass is 10.2. The lowest BCUT2D eigenvalue weighted by Crippen LogP contribution is -2.51. The predicted octanol–water partition coefficient (Wildman–Crippen LogP) is 1.80. The molecule has 6 heteroatoms. The number of ether oxygens (including phenoxy) is 1. The number of urea groups is 1. The number of morpholine rings is 1. The maximum absolute atomic E-state index is 12.1. The molecule has 0 saturated carbocycles. The van der Waals surface area contributed by atoms with Crippen molar-refractivity contribution in [3.8, 4) is 0 Å². The normalized spacial score (nSPS) is 25.0. The summed E-state index contributed by atoms with van der Waals surface area (Å²) in [7, 11) is 1.85. The summed E-state index contributed by atoms with van der Waals surface area (Å²) >= 11 is 1.74. The molecule has 2 fully saturated rings. The van der Waals surface area contributed by atoms with Gasteiger partial charge in [-0.1, -0.05) is 6.07 Å². The van der Waals surface area contributed by atoms with Gasteiger partial charge in [0.2, 0.25) is 0 Å². The molecule has 5 nitrogen and oxygen atoms in total. The number of fused-ring (bicyclic) bond motifs is 1. The van der Waals surface area contributed by atoms with Gasteiger partial charge >= 0.3 is 6.03 Å². The highest BCUT2D eigenvalue weighted by atomic mass is 32.1. The van der Waals surface area contributed by atoms with Crippen molar-refractivity contribution in [1.82, 2.24) is 15.1 Å². The number of thiophene rings is 1. The molecule has 0 radical (unpaired) electrons. The smallest absolute Gasteiger partial charge is 0.317 e. The van der Waals surface area contributed by atoms with Crippen LogP contribution >= 0.6 is 11.3 Å². The summed E-state index contributed by atoms with van der Waals surface area (Å²) < 4.78 is 5.87. The van der Waals surface area contributed by atoms with Crippen LogP contribution in [0.1, 0.15) is 17.7 Å². The number of nitrogens with one attached hydrogen (secondary N) is 1. The summed E-state index contributed by atoms with van der Waals surface area (Å²) in [6.07, 6.45) is 3.57. The van der Waals surface area contributed by atoms with E-state index >= 15 is 0 Å². The van der Waals surface area contributed by atoms with Crippen LogP contribution in [0, 0.1) is 0 Å². The van der Waals surface area contributed by atoms with Gasteiger partial charge in [-0.05, 0) is 37.3 Å². The molecule has 2 saturated heterocycles. The molecule has 0 unspecified atom stereocenters. The highest BCUT2D eigenvalue weighted by Crippen LogP contribution is 2.22. The summed E-state index contributed by atoms with van der Waals surface area (Å²) in [6.45, 7) is 4.29. The first-order valence-corrected chi connectivity index (χ1v) is 8.97. The monoisotopic (exact) mass is 323 g/mol. The zero-order valence-corrected chi connectivity index (χ0v) is 14.0. The number of rotatable bonds is 5. The van der Waals surface area contributed by atoms with Gasteiger partial charge in [0.05, 0.1) is 12.7 Å². The molecule has 2 atom stereocenters. The molecular weight excluding hydrogens is 298 g/mol. The minimum Gasteiger partial charge on any atom is -0.373 e. The lowest BCUT2D eigenvalue weighted by Gasteiger charge is -2.35. The molecule has 1 aromatic heterocycles. The first-order valence-electron chi connectivity index (χ1n) is 8.09. The minimum atomic E-state index is -0.0105. The van der Waals surface area contributed by atoms with Crippen LogP contribution in [0.5, 0.6) is 0 Å². The van der Waals surface area contributed by atoms with Gasteiger partial charge < -0.3 is 15.0 Å². The third kappa shape index (κ3) is 4.00. The average molecular weight is 323 g/mol. The topological polar surface area (TPSA) is 44.8 Å². The van der Waals surface area contributed by atoms with Crippen molar-refractivity contribution in [3.63, 3.8) is 0 Å². The summed E-state index contributed by atoms with van der Waals surface area (Å²) in [6, 6.07) is 4.76. The number of amides is 2. The molecule has 1 N–H and O–H groups in total. The molecule has 2 amide bonds. The maximum atomic E-state index is 12.1. The Bertz CT molecular complexity index is 480. The van der Waals surface area contributed by atoms with Gasteiger partial charge in [0.25, 0.3) is 0 Å². The van der Waals surface area contributed by atoms with E-state index in [1.165, 1.54) is 24.3 Å². The molecule has 122 valence electrons. The zero-order valence-electron chi connectivity index (χ0n) is 13.2. The number of nitrogens with zero attached hydrogens (tertiary/aromatic N) is 2. The van der Waals surface area contributed by atoms with Crippen LogP contribution in [-0.2, 0) is 11.2 Å². The fourth-order valence-electron chi connectivity index (χ4n) is 3.18. The Morgan fingerprint density at radius 3 is 3.32 bits per heavy atom. The molecule has 0 aromatic carbocycles. The van der Waals surface area contributed by atoms with E-state index in [9.17, 15) is 4.79 Å². The first kappa shape index (κ1) is 15.8. The number of carbonyl (C=O) groups excluding carboxylic acids is 1. The van der Waals surface area contributed by atoms with Crippen LogP contribution in [0.4, 0.5) is 4.79 Å². The third-order valence-electron chi connectivity index (χ3n) is 4.56. The largest absolute Gasteiger partial charge is 0.373 e. The quantitative estimate of drug-likeness (QED) is 0.899. The van der Waals surface area contributed by atoms with Gasteiger partial charge in [0.15, 0.2) is 0 Å². The lowest BCUT2D eigenvalue weighted by molar-refractivity contribution is -0.0460. The van der Waals surface area contributed by atoms with E-state index < -0.39 is 0 Å². The molecule has 3 rings (SSSR count). The molecule has 0 spiro atoms.